The maximum absolute atomic E-state index is 12.1. The zero-order valence-corrected chi connectivity index (χ0v) is 11.8. The van der Waals surface area contributed by atoms with Crippen LogP contribution in [0.4, 0.5) is 11.4 Å². The number of anilines is 2. The highest BCUT2D eigenvalue weighted by atomic mass is 16.3. The van der Waals surface area contributed by atoms with Gasteiger partial charge in [0.15, 0.2) is 0 Å². The Balaban J connectivity index is 1.86. The van der Waals surface area contributed by atoms with Crippen LogP contribution in [0.15, 0.2) is 30.0 Å². The van der Waals surface area contributed by atoms with Gasteiger partial charge in [-0.25, -0.2) is 0 Å². The number of aryl methyl sites for hydroxylation is 1. The second kappa shape index (κ2) is 5.61. The van der Waals surface area contributed by atoms with Crippen molar-refractivity contribution in [2.75, 3.05) is 23.8 Å². The molecule has 22 heavy (non-hydrogen) atoms. The van der Waals surface area contributed by atoms with Gasteiger partial charge in [-0.2, -0.15) is 0 Å². The minimum Gasteiger partial charge on any atom is -0.395 e. The molecule has 0 atom stereocenters. The average Bonchev–Trinajstić information content (AvgIpc) is 2.76. The van der Waals surface area contributed by atoms with Gasteiger partial charge in [-0.3, -0.25) is 19.3 Å². The number of rotatable bonds is 4. The molecule has 0 aromatic heterocycles. The quantitative estimate of drug-likeness (QED) is 0.691. The van der Waals surface area contributed by atoms with Crippen LogP contribution in [0, 0.1) is 0 Å². The molecule has 7 heteroatoms. The molecule has 0 spiro atoms. The normalized spacial score (nSPS) is 17.2. The summed E-state index contributed by atoms with van der Waals surface area (Å²) < 4.78 is 0. The van der Waals surface area contributed by atoms with E-state index in [0.29, 0.717) is 24.2 Å². The third kappa shape index (κ3) is 2.46. The van der Waals surface area contributed by atoms with Crippen LogP contribution in [0.25, 0.3) is 0 Å². The van der Waals surface area contributed by atoms with Crippen molar-refractivity contribution in [3.05, 3.63) is 35.5 Å². The first-order chi connectivity index (χ1) is 10.6. The van der Waals surface area contributed by atoms with Crippen molar-refractivity contribution in [2.45, 2.75) is 12.8 Å². The largest absolute Gasteiger partial charge is 0.395 e. The first kappa shape index (κ1) is 14.3. The van der Waals surface area contributed by atoms with Gasteiger partial charge in [0, 0.05) is 12.5 Å². The average molecular weight is 301 g/mol. The molecule has 3 rings (SSSR count). The number of carbonyl (C=O) groups excluding carboxylic acids is 3. The maximum Gasteiger partial charge on any atom is 0.277 e. The highest BCUT2D eigenvalue weighted by molar-refractivity contribution is 6.17. The van der Waals surface area contributed by atoms with Crippen LogP contribution in [0.5, 0.6) is 0 Å². The summed E-state index contributed by atoms with van der Waals surface area (Å²) in [5, 5.41) is 14.6. The fourth-order valence-corrected chi connectivity index (χ4v) is 2.57. The van der Waals surface area contributed by atoms with Crippen LogP contribution < -0.4 is 10.6 Å². The molecular weight excluding hydrogens is 286 g/mol. The summed E-state index contributed by atoms with van der Waals surface area (Å²) in [4.78, 5) is 36.4. The van der Waals surface area contributed by atoms with Crippen LogP contribution in [0.3, 0.4) is 0 Å². The molecule has 0 saturated heterocycles. The van der Waals surface area contributed by atoms with Crippen molar-refractivity contribution < 1.29 is 19.5 Å². The van der Waals surface area contributed by atoms with E-state index in [1.165, 1.54) is 6.08 Å². The molecule has 3 amide bonds. The molecule has 0 saturated carbocycles. The Morgan fingerprint density at radius 2 is 2.05 bits per heavy atom. The SMILES string of the molecule is O=C1CCc2cccc(NC3=CC(=O)N(CCO)C3=O)c2N1. The number of nitrogens with one attached hydrogen (secondary N) is 2. The van der Waals surface area contributed by atoms with Crippen LogP contribution in [-0.4, -0.2) is 40.9 Å². The van der Waals surface area contributed by atoms with Crippen LogP contribution in [-0.2, 0) is 20.8 Å². The number of carbonyl (C=O) groups is 3. The molecular formula is C15H15N3O4. The molecule has 2 aliphatic rings. The number of nitrogens with zero attached hydrogens (tertiary/aromatic N) is 1. The van der Waals surface area contributed by atoms with Gasteiger partial charge in [0.25, 0.3) is 11.8 Å². The van der Waals surface area contributed by atoms with Crippen molar-refractivity contribution in [3.63, 3.8) is 0 Å². The van der Waals surface area contributed by atoms with E-state index in [9.17, 15) is 14.4 Å². The standard InChI is InChI=1S/C15H15N3O4/c19-7-6-18-13(21)8-11(15(18)22)16-10-3-1-2-9-4-5-12(20)17-14(9)10/h1-3,8,16,19H,4-7H2,(H,17,20). The highest BCUT2D eigenvalue weighted by Crippen LogP contribution is 2.32. The van der Waals surface area contributed by atoms with E-state index >= 15 is 0 Å². The number of aliphatic hydroxyl groups is 1. The van der Waals surface area contributed by atoms with Gasteiger partial charge < -0.3 is 15.7 Å². The Labute approximate surface area is 126 Å². The van der Waals surface area contributed by atoms with E-state index in [0.717, 1.165) is 10.5 Å². The minimum absolute atomic E-state index is 0.0387. The number of hydrogen-bond donors (Lipinski definition) is 3. The Hall–Kier alpha value is -2.67. The number of hydrogen-bond acceptors (Lipinski definition) is 5. The van der Waals surface area contributed by atoms with Gasteiger partial charge in [0.1, 0.15) is 5.70 Å². The van der Waals surface area contributed by atoms with Gasteiger partial charge in [-0.1, -0.05) is 12.1 Å². The highest BCUT2D eigenvalue weighted by Gasteiger charge is 2.31. The molecule has 3 N–H and O–H groups in total. The molecule has 0 radical (unpaired) electrons. The van der Waals surface area contributed by atoms with E-state index in [2.05, 4.69) is 10.6 Å². The van der Waals surface area contributed by atoms with Gasteiger partial charge in [0.05, 0.1) is 24.5 Å². The number of benzene rings is 1. The molecule has 2 aliphatic heterocycles. The fraction of sp³-hybridized carbons (Fsp3) is 0.267. The third-order valence-corrected chi connectivity index (χ3v) is 3.64. The maximum atomic E-state index is 12.1. The lowest BCUT2D eigenvalue weighted by molar-refractivity contribution is -0.137. The van der Waals surface area contributed by atoms with Crippen molar-refractivity contribution in [1.82, 2.24) is 4.90 Å². The van der Waals surface area contributed by atoms with Crippen LogP contribution >= 0.6 is 0 Å². The van der Waals surface area contributed by atoms with Crippen LogP contribution in [0.1, 0.15) is 12.0 Å². The molecule has 114 valence electrons. The topological polar surface area (TPSA) is 98.7 Å². The summed E-state index contributed by atoms with van der Waals surface area (Å²) in [6.45, 7) is -0.321. The molecule has 2 heterocycles. The first-order valence-electron chi connectivity index (χ1n) is 6.97. The number of amides is 3. The molecule has 0 aliphatic carbocycles. The number of para-hydroxylation sites is 1. The van der Waals surface area contributed by atoms with Crippen LogP contribution in [0.2, 0.25) is 0 Å². The number of aliphatic hydroxyl groups excluding tert-OH is 1. The van der Waals surface area contributed by atoms with Gasteiger partial charge >= 0.3 is 0 Å². The van der Waals surface area contributed by atoms with E-state index < -0.39 is 11.8 Å². The summed E-state index contributed by atoms with van der Waals surface area (Å²) >= 11 is 0. The van der Waals surface area contributed by atoms with E-state index in [4.69, 9.17) is 5.11 Å². The predicted molar refractivity (Wildman–Crippen MR) is 78.9 cm³/mol. The summed E-state index contributed by atoms with van der Waals surface area (Å²) in [5.41, 5.74) is 2.32. The molecule has 0 bridgehead atoms. The lowest BCUT2D eigenvalue weighted by atomic mass is 10.0. The second-order valence-corrected chi connectivity index (χ2v) is 5.09. The molecule has 0 fully saturated rings. The fourth-order valence-electron chi connectivity index (χ4n) is 2.57. The summed E-state index contributed by atoms with van der Waals surface area (Å²) in [6.07, 6.45) is 2.27. The Kier molecular flexibility index (Phi) is 3.64. The Morgan fingerprint density at radius 1 is 1.23 bits per heavy atom. The lowest BCUT2D eigenvalue weighted by Gasteiger charge is -2.21. The zero-order chi connectivity index (χ0) is 15.7. The number of fused-ring (bicyclic) bond motifs is 1. The third-order valence-electron chi connectivity index (χ3n) is 3.64. The van der Waals surface area contributed by atoms with Gasteiger partial charge in [-0.05, 0) is 18.1 Å². The summed E-state index contributed by atoms with van der Waals surface area (Å²) in [7, 11) is 0. The van der Waals surface area contributed by atoms with E-state index in [-0.39, 0.29) is 24.8 Å². The first-order valence-corrected chi connectivity index (χ1v) is 6.97. The molecule has 0 unspecified atom stereocenters. The Bertz CT molecular complexity index is 696. The second-order valence-electron chi connectivity index (χ2n) is 5.09. The Morgan fingerprint density at radius 3 is 2.82 bits per heavy atom. The van der Waals surface area contributed by atoms with Crippen molar-refractivity contribution in [3.8, 4) is 0 Å². The zero-order valence-electron chi connectivity index (χ0n) is 11.8. The smallest absolute Gasteiger partial charge is 0.277 e. The predicted octanol–water partition coefficient (Wildman–Crippen LogP) is 0.228. The summed E-state index contributed by atoms with van der Waals surface area (Å²) in [5.74, 6) is -1.03. The molecule has 7 nitrogen and oxygen atoms in total. The van der Waals surface area contributed by atoms with Gasteiger partial charge in [-0.15, -0.1) is 0 Å². The van der Waals surface area contributed by atoms with Crippen molar-refractivity contribution in [2.24, 2.45) is 0 Å². The number of β-amino-alcohol motifs (C(OH)–C–C–N with tert-alkyl or cyclic N) is 1. The molecule has 1 aromatic rings. The van der Waals surface area contributed by atoms with Crippen molar-refractivity contribution in [1.29, 1.82) is 0 Å². The monoisotopic (exact) mass is 301 g/mol. The van der Waals surface area contributed by atoms with E-state index in [1.54, 1.807) is 6.07 Å². The minimum atomic E-state index is -0.487. The van der Waals surface area contributed by atoms with Crippen molar-refractivity contribution >= 4 is 29.1 Å². The van der Waals surface area contributed by atoms with Gasteiger partial charge in [0.2, 0.25) is 5.91 Å². The summed E-state index contributed by atoms with van der Waals surface area (Å²) in [6, 6.07) is 5.47. The lowest BCUT2D eigenvalue weighted by Crippen LogP contribution is -2.34. The van der Waals surface area contributed by atoms with E-state index in [1.807, 2.05) is 12.1 Å². The number of imide groups is 1. The molecule has 1 aromatic carbocycles.